The van der Waals surface area contributed by atoms with E-state index in [4.69, 9.17) is 10.3 Å². The largest absolute Gasteiger partial charge is 0.332 e. The summed E-state index contributed by atoms with van der Waals surface area (Å²) in [4.78, 5) is 14.8. The van der Waals surface area contributed by atoms with Gasteiger partial charge in [-0.3, -0.25) is 10.1 Å². The third kappa shape index (κ3) is 2.35. The van der Waals surface area contributed by atoms with Gasteiger partial charge in [-0.05, 0) is 31.4 Å². The van der Waals surface area contributed by atoms with E-state index in [1.807, 2.05) is 0 Å². The van der Waals surface area contributed by atoms with Gasteiger partial charge in [-0.15, -0.1) is 0 Å². The number of nitrogens with zero attached hydrogens (tertiary/aromatic N) is 5. The van der Waals surface area contributed by atoms with Crippen molar-refractivity contribution in [2.75, 3.05) is 0 Å². The molecule has 0 aliphatic heterocycles. The van der Waals surface area contributed by atoms with E-state index in [1.54, 1.807) is 24.4 Å². The van der Waals surface area contributed by atoms with Crippen LogP contribution in [0.25, 0.3) is 17.3 Å². The van der Waals surface area contributed by atoms with Crippen LogP contribution < -0.4 is 5.73 Å². The summed E-state index contributed by atoms with van der Waals surface area (Å²) in [5, 5.41) is 19.2. The first-order valence-electron chi connectivity index (χ1n) is 7.49. The van der Waals surface area contributed by atoms with Crippen molar-refractivity contribution in [2.24, 2.45) is 5.73 Å². The summed E-state index contributed by atoms with van der Waals surface area (Å²) >= 11 is 0. The van der Waals surface area contributed by atoms with E-state index < -0.39 is 10.5 Å². The molecule has 122 valence electrons. The molecule has 0 radical (unpaired) electrons. The molecule has 9 nitrogen and oxygen atoms in total. The fourth-order valence-corrected chi connectivity index (χ4v) is 2.64. The van der Waals surface area contributed by atoms with Crippen LogP contribution in [0.5, 0.6) is 0 Å². The number of rotatable bonds is 4. The van der Waals surface area contributed by atoms with Crippen LogP contribution in [-0.4, -0.2) is 24.8 Å². The molecule has 1 fully saturated rings. The molecule has 0 unspecified atom stereocenters. The average molecular weight is 326 g/mol. The number of nitro benzene ring substituents is 1. The van der Waals surface area contributed by atoms with Gasteiger partial charge in [0.05, 0.1) is 16.1 Å². The minimum Gasteiger partial charge on any atom is -0.332 e. The molecule has 0 saturated heterocycles. The topological polar surface area (TPSA) is 126 Å². The maximum atomic E-state index is 10.9. The fourth-order valence-electron chi connectivity index (χ4n) is 2.64. The Morgan fingerprint density at radius 2 is 2.17 bits per heavy atom. The zero-order valence-corrected chi connectivity index (χ0v) is 12.6. The molecule has 24 heavy (non-hydrogen) atoms. The third-order valence-electron chi connectivity index (χ3n) is 4.23. The molecule has 2 heterocycles. The standard InChI is InChI=1S/C15H14N6O3/c16-15(6-2-7-15)14-17-13(24-19-14)12-5-8-20(18-12)10-3-1-4-11(9-10)21(22)23/h1,3-5,8-9H,2,6-7,16H2. The van der Waals surface area contributed by atoms with Crippen molar-refractivity contribution in [3.63, 3.8) is 0 Å². The summed E-state index contributed by atoms with van der Waals surface area (Å²) in [5.41, 5.74) is 6.75. The van der Waals surface area contributed by atoms with Gasteiger partial charge in [0.25, 0.3) is 11.6 Å². The minimum absolute atomic E-state index is 0.000293. The number of non-ortho nitro benzene ring substituents is 1. The Bertz CT molecular complexity index is 911. The SMILES string of the molecule is NC1(c2noc(-c3ccn(-c4cccc([N+](=O)[O-])c4)n3)n2)CCC1. The minimum atomic E-state index is -0.496. The number of benzene rings is 1. The van der Waals surface area contributed by atoms with Crippen LogP contribution in [0.3, 0.4) is 0 Å². The molecule has 9 heteroatoms. The number of nitrogens with two attached hydrogens (primary N) is 1. The highest BCUT2D eigenvalue weighted by molar-refractivity contribution is 5.48. The first-order valence-corrected chi connectivity index (χ1v) is 7.49. The van der Waals surface area contributed by atoms with Crippen LogP contribution in [0.2, 0.25) is 0 Å². The van der Waals surface area contributed by atoms with E-state index in [0.29, 0.717) is 17.2 Å². The Hall–Kier alpha value is -3.07. The zero-order chi connectivity index (χ0) is 16.7. The smallest absolute Gasteiger partial charge is 0.278 e. The van der Waals surface area contributed by atoms with Crippen LogP contribution in [0.15, 0.2) is 41.1 Å². The van der Waals surface area contributed by atoms with Crippen LogP contribution in [0.1, 0.15) is 25.1 Å². The average Bonchev–Trinajstić information content (AvgIpc) is 3.22. The molecule has 1 aliphatic carbocycles. The number of hydrogen-bond acceptors (Lipinski definition) is 7. The molecule has 3 aromatic rings. The summed E-state index contributed by atoms with van der Waals surface area (Å²) in [5.74, 6) is 0.777. The van der Waals surface area contributed by atoms with E-state index in [1.165, 1.54) is 16.8 Å². The van der Waals surface area contributed by atoms with E-state index in [-0.39, 0.29) is 11.6 Å². The van der Waals surface area contributed by atoms with Crippen molar-refractivity contribution in [3.8, 4) is 17.3 Å². The molecule has 0 amide bonds. The molecule has 0 bridgehead atoms. The number of nitro groups is 1. The molecule has 1 aromatic carbocycles. The van der Waals surface area contributed by atoms with Gasteiger partial charge in [0.2, 0.25) is 0 Å². The highest BCUT2D eigenvalue weighted by Gasteiger charge is 2.39. The van der Waals surface area contributed by atoms with Crippen molar-refractivity contribution in [3.05, 3.63) is 52.5 Å². The van der Waals surface area contributed by atoms with Gasteiger partial charge in [-0.2, -0.15) is 10.1 Å². The maximum Gasteiger partial charge on any atom is 0.278 e. The lowest BCUT2D eigenvalue weighted by atomic mass is 9.77. The Labute approximate surface area is 136 Å². The van der Waals surface area contributed by atoms with E-state index >= 15 is 0 Å². The first kappa shape index (κ1) is 14.5. The lowest BCUT2D eigenvalue weighted by molar-refractivity contribution is -0.384. The third-order valence-corrected chi connectivity index (χ3v) is 4.23. The lowest BCUT2D eigenvalue weighted by Crippen LogP contribution is -2.44. The van der Waals surface area contributed by atoms with Crippen molar-refractivity contribution in [1.29, 1.82) is 0 Å². The fraction of sp³-hybridized carbons (Fsp3) is 0.267. The number of hydrogen-bond donors (Lipinski definition) is 1. The van der Waals surface area contributed by atoms with E-state index in [0.717, 1.165) is 19.3 Å². The summed E-state index contributed by atoms with van der Waals surface area (Å²) in [6.45, 7) is 0. The van der Waals surface area contributed by atoms with Gasteiger partial charge in [-0.1, -0.05) is 11.2 Å². The monoisotopic (exact) mass is 326 g/mol. The zero-order valence-electron chi connectivity index (χ0n) is 12.6. The summed E-state index contributed by atoms with van der Waals surface area (Å²) in [6.07, 6.45) is 4.42. The summed E-state index contributed by atoms with van der Waals surface area (Å²) in [7, 11) is 0. The van der Waals surface area contributed by atoms with Crippen LogP contribution in [-0.2, 0) is 5.54 Å². The summed E-state index contributed by atoms with van der Waals surface area (Å²) < 4.78 is 6.78. The first-order chi connectivity index (χ1) is 11.5. The van der Waals surface area contributed by atoms with Gasteiger partial charge < -0.3 is 10.3 Å². The molecular weight excluding hydrogens is 312 g/mol. The predicted octanol–water partition coefficient (Wildman–Crippen LogP) is 2.17. The second-order valence-electron chi connectivity index (χ2n) is 5.86. The van der Waals surface area contributed by atoms with Crippen molar-refractivity contribution >= 4 is 5.69 Å². The van der Waals surface area contributed by atoms with Gasteiger partial charge in [0.15, 0.2) is 11.5 Å². The van der Waals surface area contributed by atoms with E-state index in [2.05, 4.69) is 15.2 Å². The highest BCUT2D eigenvalue weighted by Crippen LogP contribution is 2.37. The van der Waals surface area contributed by atoms with Crippen molar-refractivity contribution in [2.45, 2.75) is 24.8 Å². The lowest BCUT2D eigenvalue weighted by Gasteiger charge is -2.34. The second kappa shape index (κ2) is 5.24. The van der Waals surface area contributed by atoms with Gasteiger partial charge in [-0.25, -0.2) is 4.68 Å². The van der Waals surface area contributed by atoms with Gasteiger partial charge >= 0.3 is 0 Å². The molecule has 2 N–H and O–H groups in total. The highest BCUT2D eigenvalue weighted by atomic mass is 16.6. The Morgan fingerprint density at radius 3 is 2.88 bits per heavy atom. The normalized spacial score (nSPS) is 15.9. The molecule has 1 saturated carbocycles. The Morgan fingerprint density at radius 1 is 1.33 bits per heavy atom. The van der Waals surface area contributed by atoms with Crippen LogP contribution in [0.4, 0.5) is 5.69 Å². The van der Waals surface area contributed by atoms with Crippen LogP contribution in [0, 0.1) is 10.1 Å². The Balaban J connectivity index is 1.63. The van der Waals surface area contributed by atoms with Crippen molar-refractivity contribution in [1.82, 2.24) is 19.9 Å². The van der Waals surface area contributed by atoms with Crippen LogP contribution >= 0.6 is 0 Å². The molecule has 0 spiro atoms. The number of aromatic nitrogens is 4. The molecule has 1 aliphatic rings. The van der Waals surface area contributed by atoms with Crippen molar-refractivity contribution < 1.29 is 9.45 Å². The maximum absolute atomic E-state index is 10.9. The van der Waals surface area contributed by atoms with E-state index in [9.17, 15) is 10.1 Å². The molecule has 4 rings (SSSR count). The Kier molecular flexibility index (Phi) is 3.17. The summed E-state index contributed by atoms with van der Waals surface area (Å²) in [6, 6.07) is 7.91. The second-order valence-corrected chi connectivity index (χ2v) is 5.86. The molecular formula is C15H14N6O3. The predicted molar refractivity (Wildman–Crippen MR) is 83.2 cm³/mol. The molecule has 2 aromatic heterocycles. The van der Waals surface area contributed by atoms with Gasteiger partial charge in [0, 0.05) is 18.3 Å². The quantitative estimate of drug-likeness (QED) is 0.575. The molecule has 0 atom stereocenters. The van der Waals surface area contributed by atoms with Gasteiger partial charge in [0.1, 0.15) is 0 Å².